The molecular formula is C30H34FN5O4. The number of pyridine rings is 1. The number of aryl methyl sites for hydroxylation is 1. The molecule has 1 saturated carbocycles. The van der Waals surface area contributed by atoms with Gasteiger partial charge < -0.3 is 24.8 Å². The van der Waals surface area contributed by atoms with E-state index in [0.717, 1.165) is 25.7 Å². The summed E-state index contributed by atoms with van der Waals surface area (Å²) < 4.78 is 33.5. The quantitative estimate of drug-likeness (QED) is 0.260. The molecule has 9 nitrogen and oxygen atoms in total. The second kappa shape index (κ2) is 12.2. The SMILES string of the molecule is COc1cc2nccc(Oc3ccc(Nc4nn(C)cc4C(=O)NC4CCCCCCC4)cc3F)c2cc1OC. The molecule has 0 spiro atoms. The van der Waals surface area contributed by atoms with Crippen LogP contribution in [0.25, 0.3) is 10.9 Å². The molecule has 1 aliphatic rings. The van der Waals surface area contributed by atoms with Crippen LogP contribution in [0.3, 0.4) is 0 Å². The molecule has 2 aromatic heterocycles. The molecule has 1 aliphatic carbocycles. The van der Waals surface area contributed by atoms with Gasteiger partial charge in [-0.2, -0.15) is 5.10 Å². The number of rotatable bonds is 8. The van der Waals surface area contributed by atoms with Crippen molar-refractivity contribution in [3.05, 3.63) is 60.2 Å². The number of hydrogen-bond donors (Lipinski definition) is 2. The lowest BCUT2D eigenvalue weighted by Crippen LogP contribution is -2.35. The lowest BCUT2D eigenvalue weighted by atomic mass is 9.96. The third-order valence-corrected chi connectivity index (χ3v) is 7.14. The molecule has 2 N–H and O–H groups in total. The summed E-state index contributed by atoms with van der Waals surface area (Å²) in [6, 6.07) is 9.82. The fourth-order valence-corrected chi connectivity index (χ4v) is 5.06. The van der Waals surface area contributed by atoms with Crippen molar-refractivity contribution < 1.29 is 23.4 Å². The molecule has 1 amide bonds. The highest BCUT2D eigenvalue weighted by Crippen LogP contribution is 2.37. The van der Waals surface area contributed by atoms with E-state index in [1.165, 1.54) is 31.4 Å². The molecule has 0 radical (unpaired) electrons. The third-order valence-electron chi connectivity index (χ3n) is 7.14. The Bertz CT molecular complexity index is 1500. The van der Waals surface area contributed by atoms with Gasteiger partial charge in [0, 0.05) is 48.7 Å². The molecule has 0 aliphatic heterocycles. The fraction of sp³-hybridized carbons (Fsp3) is 0.367. The minimum Gasteiger partial charge on any atom is -0.493 e. The number of ether oxygens (including phenoxy) is 3. The average molecular weight is 548 g/mol. The van der Waals surface area contributed by atoms with E-state index >= 15 is 4.39 Å². The number of benzene rings is 2. The van der Waals surface area contributed by atoms with Gasteiger partial charge in [-0.1, -0.05) is 32.1 Å². The van der Waals surface area contributed by atoms with E-state index in [4.69, 9.17) is 14.2 Å². The summed E-state index contributed by atoms with van der Waals surface area (Å²) >= 11 is 0. The third kappa shape index (κ3) is 6.11. The molecular weight excluding hydrogens is 513 g/mol. The first-order chi connectivity index (χ1) is 19.4. The summed E-state index contributed by atoms with van der Waals surface area (Å²) in [5.74, 6) is 1.11. The van der Waals surface area contributed by atoms with Crippen LogP contribution in [0.2, 0.25) is 0 Å². The van der Waals surface area contributed by atoms with Crippen LogP contribution in [-0.2, 0) is 7.05 Å². The Morgan fingerprint density at radius 2 is 1.68 bits per heavy atom. The predicted octanol–water partition coefficient (Wildman–Crippen LogP) is 6.50. The topological polar surface area (TPSA) is 99.5 Å². The molecule has 4 aromatic rings. The average Bonchev–Trinajstić information content (AvgIpc) is 3.30. The first-order valence-electron chi connectivity index (χ1n) is 13.5. The van der Waals surface area contributed by atoms with E-state index in [-0.39, 0.29) is 17.7 Å². The Balaban J connectivity index is 1.33. The van der Waals surface area contributed by atoms with Gasteiger partial charge in [0.1, 0.15) is 11.3 Å². The van der Waals surface area contributed by atoms with Gasteiger partial charge >= 0.3 is 0 Å². The minimum atomic E-state index is -0.577. The fourth-order valence-electron chi connectivity index (χ4n) is 5.06. The molecule has 2 heterocycles. The lowest BCUT2D eigenvalue weighted by Gasteiger charge is -2.21. The summed E-state index contributed by atoms with van der Waals surface area (Å²) in [5, 5.41) is 11.3. The van der Waals surface area contributed by atoms with Gasteiger partial charge in [-0.15, -0.1) is 0 Å². The van der Waals surface area contributed by atoms with E-state index in [9.17, 15) is 4.79 Å². The maximum Gasteiger partial charge on any atom is 0.256 e. The summed E-state index contributed by atoms with van der Waals surface area (Å²) in [6.45, 7) is 0. The molecule has 0 atom stereocenters. The van der Waals surface area contributed by atoms with Gasteiger partial charge in [0.15, 0.2) is 28.9 Å². The number of nitrogens with zero attached hydrogens (tertiary/aromatic N) is 3. The normalized spacial score (nSPS) is 14.3. The molecule has 1 fully saturated rings. The number of nitrogens with one attached hydrogen (secondary N) is 2. The number of fused-ring (bicyclic) bond motifs is 1. The van der Waals surface area contributed by atoms with Crippen LogP contribution in [0.4, 0.5) is 15.9 Å². The lowest BCUT2D eigenvalue weighted by molar-refractivity contribution is 0.0931. The van der Waals surface area contributed by atoms with Crippen molar-refractivity contribution in [1.82, 2.24) is 20.1 Å². The summed E-state index contributed by atoms with van der Waals surface area (Å²) in [7, 11) is 4.84. The minimum absolute atomic E-state index is 0.0381. The number of amides is 1. The second-order valence-corrected chi connectivity index (χ2v) is 9.99. The largest absolute Gasteiger partial charge is 0.493 e. The van der Waals surface area contributed by atoms with E-state index in [1.54, 1.807) is 62.6 Å². The Kier molecular flexibility index (Phi) is 8.33. The molecule has 40 heavy (non-hydrogen) atoms. The molecule has 10 heteroatoms. The highest BCUT2D eigenvalue weighted by atomic mass is 19.1. The molecule has 2 aromatic carbocycles. The summed E-state index contributed by atoms with van der Waals surface area (Å²) in [4.78, 5) is 17.5. The summed E-state index contributed by atoms with van der Waals surface area (Å²) in [6.07, 6.45) is 11.1. The van der Waals surface area contributed by atoms with E-state index < -0.39 is 5.82 Å². The number of halogens is 1. The number of hydrogen-bond acceptors (Lipinski definition) is 7. The predicted molar refractivity (Wildman–Crippen MR) is 151 cm³/mol. The van der Waals surface area contributed by atoms with Crippen LogP contribution < -0.4 is 24.8 Å². The Morgan fingerprint density at radius 1 is 0.950 bits per heavy atom. The molecule has 210 valence electrons. The molecule has 5 rings (SSSR count). The smallest absolute Gasteiger partial charge is 0.256 e. The summed E-state index contributed by atoms with van der Waals surface area (Å²) in [5.41, 5.74) is 1.47. The van der Waals surface area contributed by atoms with Crippen LogP contribution in [-0.4, -0.2) is 40.9 Å². The van der Waals surface area contributed by atoms with Crippen LogP contribution in [0.1, 0.15) is 55.3 Å². The number of aromatic nitrogens is 3. The zero-order chi connectivity index (χ0) is 28.1. The van der Waals surface area contributed by atoms with Crippen molar-refractivity contribution in [2.75, 3.05) is 19.5 Å². The number of methoxy groups -OCH3 is 2. The Labute approximate surface area is 232 Å². The van der Waals surface area contributed by atoms with Crippen LogP contribution in [0.5, 0.6) is 23.0 Å². The standard InChI is InChI=1S/C30H34FN5O4/c1-36-18-22(30(37)34-19-9-7-5-4-6-8-10-19)29(35-36)33-20-11-12-26(23(31)15-20)40-25-13-14-32-24-17-28(39-3)27(38-2)16-21(24)25/h11-19H,4-10H2,1-3H3,(H,33,35)(H,34,37). The van der Waals surface area contributed by atoms with Crippen molar-refractivity contribution in [2.24, 2.45) is 7.05 Å². The van der Waals surface area contributed by atoms with Gasteiger partial charge in [0.25, 0.3) is 5.91 Å². The van der Waals surface area contributed by atoms with Crippen LogP contribution in [0.15, 0.2) is 48.8 Å². The number of anilines is 2. The van der Waals surface area contributed by atoms with E-state index in [1.807, 2.05) is 0 Å². The van der Waals surface area contributed by atoms with Crippen molar-refractivity contribution in [2.45, 2.75) is 51.0 Å². The Hall–Kier alpha value is -4.34. The Morgan fingerprint density at radius 3 is 2.40 bits per heavy atom. The molecule has 0 unspecified atom stereocenters. The van der Waals surface area contributed by atoms with Crippen LogP contribution >= 0.6 is 0 Å². The first kappa shape index (κ1) is 27.2. The van der Waals surface area contributed by atoms with Crippen molar-refractivity contribution in [3.63, 3.8) is 0 Å². The van der Waals surface area contributed by atoms with E-state index in [0.29, 0.717) is 45.2 Å². The number of carbonyl (C=O) groups excluding carboxylic acids is 1. The first-order valence-corrected chi connectivity index (χ1v) is 13.5. The van der Waals surface area contributed by atoms with Gasteiger partial charge in [-0.25, -0.2) is 4.39 Å². The molecule has 0 saturated heterocycles. The van der Waals surface area contributed by atoms with Crippen LogP contribution in [0, 0.1) is 5.82 Å². The highest BCUT2D eigenvalue weighted by molar-refractivity contribution is 5.99. The zero-order valence-corrected chi connectivity index (χ0v) is 23.0. The van der Waals surface area contributed by atoms with Gasteiger partial charge in [-0.3, -0.25) is 14.5 Å². The van der Waals surface area contributed by atoms with Crippen molar-refractivity contribution >= 4 is 28.3 Å². The monoisotopic (exact) mass is 547 g/mol. The number of carbonyl (C=O) groups is 1. The maximum absolute atomic E-state index is 15.2. The van der Waals surface area contributed by atoms with Crippen molar-refractivity contribution in [3.8, 4) is 23.0 Å². The molecule has 0 bridgehead atoms. The zero-order valence-electron chi connectivity index (χ0n) is 23.0. The van der Waals surface area contributed by atoms with Gasteiger partial charge in [0.2, 0.25) is 0 Å². The van der Waals surface area contributed by atoms with Crippen molar-refractivity contribution in [1.29, 1.82) is 0 Å². The van der Waals surface area contributed by atoms with Gasteiger partial charge in [0.05, 0.1) is 19.7 Å². The van der Waals surface area contributed by atoms with E-state index in [2.05, 4.69) is 20.7 Å². The van der Waals surface area contributed by atoms with Gasteiger partial charge in [-0.05, 0) is 37.1 Å². The second-order valence-electron chi connectivity index (χ2n) is 9.99. The highest BCUT2D eigenvalue weighted by Gasteiger charge is 2.21. The maximum atomic E-state index is 15.2.